The number of aryl methyl sites for hydroxylation is 1. The number of benzene rings is 2. The van der Waals surface area contributed by atoms with Gasteiger partial charge >= 0.3 is 0 Å². The van der Waals surface area contributed by atoms with E-state index in [9.17, 15) is 9.59 Å². The lowest BCUT2D eigenvalue weighted by Gasteiger charge is -2.36. The Morgan fingerprint density at radius 1 is 1.25 bits per heavy atom. The van der Waals surface area contributed by atoms with Crippen molar-refractivity contribution in [1.82, 2.24) is 10.4 Å². The van der Waals surface area contributed by atoms with Crippen LogP contribution in [-0.2, 0) is 4.79 Å². The molecule has 0 bridgehead atoms. The van der Waals surface area contributed by atoms with Gasteiger partial charge in [0, 0.05) is 17.1 Å². The van der Waals surface area contributed by atoms with Crippen molar-refractivity contribution in [3.8, 4) is 5.75 Å². The number of furan rings is 1. The molecule has 0 aliphatic carbocycles. The zero-order valence-electron chi connectivity index (χ0n) is 17.2. The first-order chi connectivity index (χ1) is 15.4. The highest BCUT2D eigenvalue weighted by molar-refractivity contribution is 9.10. The van der Waals surface area contributed by atoms with E-state index in [1.807, 2.05) is 25.1 Å². The minimum atomic E-state index is -0.680. The molecule has 0 spiro atoms. The molecule has 0 saturated carbocycles. The van der Waals surface area contributed by atoms with Gasteiger partial charge in [-0.3, -0.25) is 15.0 Å². The Labute approximate surface area is 198 Å². The van der Waals surface area contributed by atoms with Crippen LogP contribution in [0.15, 0.2) is 63.7 Å². The third kappa shape index (κ3) is 4.92. The summed E-state index contributed by atoms with van der Waals surface area (Å²) in [6.45, 7) is 2.27. The van der Waals surface area contributed by atoms with Crippen LogP contribution in [-0.4, -0.2) is 23.4 Å². The Morgan fingerprint density at radius 3 is 2.81 bits per heavy atom. The molecular formula is C23H21BrClN3O4. The Kier molecular flexibility index (Phi) is 6.72. The second kappa shape index (κ2) is 9.67. The predicted octanol–water partition coefficient (Wildman–Crippen LogP) is 5.46. The summed E-state index contributed by atoms with van der Waals surface area (Å²) in [4.78, 5) is 25.7. The fraction of sp³-hybridized carbons (Fsp3) is 0.217. The number of halogens is 2. The van der Waals surface area contributed by atoms with Crippen molar-refractivity contribution < 1.29 is 18.7 Å². The summed E-state index contributed by atoms with van der Waals surface area (Å²) in [6, 6.07) is 16.0. The molecule has 2 aromatic carbocycles. The van der Waals surface area contributed by atoms with Crippen molar-refractivity contribution >= 4 is 45.0 Å². The number of carbonyl (C=O) groups excluding carboxylic acids is 2. The highest BCUT2D eigenvalue weighted by Gasteiger charge is 2.35. The van der Waals surface area contributed by atoms with Gasteiger partial charge in [-0.05, 0) is 77.3 Å². The molecule has 7 nitrogen and oxygen atoms in total. The van der Waals surface area contributed by atoms with Crippen LogP contribution < -0.4 is 15.5 Å². The topological polar surface area (TPSA) is 83.8 Å². The molecule has 1 aliphatic rings. The van der Waals surface area contributed by atoms with Crippen molar-refractivity contribution in [2.24, 2.45) is 0 Å². The van der Waals surface area contributed by atoms with E-state index in [-0.39, 0.29) is 18.2 Å². The zero-order chi connectivity index (χ0) is 22.7. The minimum absolute atomic E-state index is 0.187. The lowest BCUT2D eigenvalue weighted by Crippen LogP contribution is -2.52. The van der Waals surface area contributed by atoms with Crippen LogP contribution in [0.1, 0.15) is 40.7 Å². The van der Waals surface area contributed by atoms with Gasteiger partial charge in [0.05, 0.1) is 12.2 Å². The van der Waals surface area contributed by atoms with E-state index in [1.54, 1.807) is 36.4 Å². The van der Waals surface area contributed by atoms with Crippen LogP contribution >= 0.6 is 27.5 Å². The molecule has 166 valence electrons. The zero-order valence-corrected chi connectivity index (χ0v) is 19.6. The first-order valence-electron chi connectivity index (χ1n) is 10.0. The fourth-order valence-corrected chi connectivity index (χ4v) is 3.97. The van der Waals surface area contributed by atoms with Gasteiger partial charge in [0.1, 0.15) is 11.5 Å². The molecule has 9 heteroatoms. The summed E-state index contributed by atoms with van der Waals surface area (Å²) in [5.41, 5.74) is 4.79. The first kappa shape index (κ1) is 22.2. The average Bonchev–Trinajstić information content (AvgIpc) is 3.20. The van der Waals surface area contributed by atoms with Crippen LogP contribution in [0.2, 0.25) is 5.02 Å². The number of nitrogens with zero attached hydrogens (tertiary/aromatic N) is 1. The summed E-state index contributed by atoms with van der Waals surface area (Å²) in [6.07, 6.45) is -0.00980. The average molecular weight is 519 g/mol. The van der Waals surface area contributed by atoms with E-state index in [2.05, 4.69) is 26.7 Å². The third-order valence-corrected chi connectivity index (χ3v) is 5.64. The summed E-state index contributed by atoms with van der Waals surface area (Å²) < 4.78 is 11.9. The number of amides is 2. The number of para-hydroxylation sites is 1. The number of nitrogens with one attached hydrogen (secondary N) is 2. The number of hydrogen-bond donors (Lipinski definition) is 2. The molecule has 2 N–H and O–H groups in total. The largest absolute Gasteiger partial charge is 0.493 e. The number of hydrogen-bond acceptors (Lipinski definition) is 5. The maximum atomic E-state index is 13.1. The first-order valence-corrected chi connectivity index (χ1v) is 11.2. The van der Waals surface area contributed by atoms with Crippen molar-refractivity contribution in [2.45, 2.75) is 25.9 Å². The molecule has 0 saturated heterocycles. The fourth-order valence-electron chi connectivity index (χ4n) is 3.42. The molecule has 3 aromatic rings. The van der Waals surface area contributed by atoms with Crippen LogP contribution in [0.25, 0.3) is 0 Å². The smallest absolute Gasteiger partial charge is 0.276 e. The number of carbonyl (C=O) groups is 2. The SMILES string of the molecule is Cc1cc(Cl)ccc1OCCCC(=O)NN1C(=O)c2ccccc2NC1c1ccc(Br)o1. The van der Waals surface area contributed by atoms with Gasteiger partial charge in [-0.2, -0.15) is 0 Å². The third-order valence-electron chi connectivity index (χ3n) is 4.98. The van der Waals surface area contributed by atoms with Gasteiger partial charge in [-0.25, -0.2) is 5.01 Å². The molecule has 1 aliphatic heterocycles. The molecule has 32 heavy (non-hydrogen) atoms. The van der Waals surface area contributed by atoms with Gasteiger partial charge in [0.25, 0.3) is 5.91 Å². The maximum Gasteiger partial charge on any atom is 0.276 e. The molecule has 0 radical (unpaired) electrons. The lowest BCUT2D eigenvalue weighted by atomic mass is 10.1. The number of fused-ring (bicyclic) bond motifs is 1. The van der Waals surface area contributed by atoms with Crippen LogP contribution in [0, 0.1) is 6.92 Å². The Bertz CT molecular complexity index is 1150. The van der Waals surface area contributed by atoms with E-state index < -0.39 is 6.17 Å². The monoisotopic (exact) mass is 517 g/mol. The number of ether oxygens (including phenoxy) is 1. The van der Waals surface area contributed by atoms with E-state index in [1.165, 1.54) is 5.01 Å². The van der Waals surface area contributed by atoms with E-state index in [0.717, 1.165) is 11.3 Å². The van der Waals surface area contributed by atoms with Gasteiger partial charge in [-0.15, -0.1) is 0 Å². The molecule has 2 heterocycles. The molecule has 1 aromatic heterocycles. The Hall–Kier alpha value is -2.97. The quantitative estimate of drug-likeness (QED) is 0.406. The predicted molar refractivity (Wildman–Crippen MR) is 124 cm³/mol. The number of anilines is 1. The molecule has 0 fully saturated rings. The highest BCUT2D eigenvalue weighted by Crippen LogP contribution is 2.33. The summed E-state index contributed by atoms with van der Waals surface area (Å²) >= 11 is 9.24. The molecule has 4 rings (SSSR count). The molecule has 2 amide bonds. The van der Waals surface area contributed by atoms with E-state index in [4.69, 9.17) is 20.8 Å². The Morgan fingerprint density at radius 2 is 2.06 bits per heavy atom. The standard InChI is InChI=1S/C23H21BrClN3O4/c1-14-13-15(25)8-9-18(14)31-12-4-7-21(29)27-28-22(19-10-11-20(24)32-19)26-17-6-3-2-5-16(17)23(28)30/h2-3,5-6,8-11,13,22,26H,4,7,12H2,1H3,(H,27,29). The molecule has 1 atom stereocenters. The van der Waals surface area contributed by atoms with Crippen LogP contribution in [0.5, 0.6) is 5.75 Å². The summed E-state index contributed by atoms with van der Waals surface area (Å²) in [5, 5.41) is 5.16. The van der Waals surface area contributed by atoms with Crippen LogP contribution in [0.4, 0.5) is 5.69 Å². The van der Waals surface area contributed by atoms with Gasteiger partial charge < -0.3 is 14.5 Å². The molecular weight excluding hydrogens is 498 g/mol. The maximum absolute atomic E-state index is 13.1. The van der Waals surface area contributed by atoms with Gasteiger partial charge in [-0.1, -0.05) is 23.7 Å². The second-order valence-corrected chi connectivity index (χ2v) is 8.52. The number of rotatable bonds is 7. The summed E-state index contributed by atoms with van der Waals surface area (Å²) in [5.74, 6) is 0.594. The Balaban J connectivity index is 1.40. The number of hydrazine groups is 1. The summed E-state index contributed by atoms with van der Waals surface area (Å²) in [7, 11) is 0. The normalized spacial score (nSPS) is 15.2. The van der Waals surface area contributed by atoms with Gasteiger partial charge in [0.2, 0.25) is 5.91 Å². The minimum Gasteiger partial charge on any atom is -0.493 e. The van der Waals surface area contributed by atoms with E-state index in [0.29, 0.717) is 39.7 Å². The molecule has 1 unspecified atom stereocenters. The van der Waals surface area contributed by atoms with Crippen molar-refractivity contribution in [1.29, 1.82) is 0 Å². The van der Waals surface area contributed by atoms with Gasteiger partial charge in [0.15, 0.2) is 10.8 Å². The van der Waals surface area contributed by atoms with Crippen molar-refractivity contribution in [2.75, 3.05) is 11.9 Å². The van der Waals surface area contributed by atoms with Crippen LogP contribution in [0.3, 0.4) is 0 Å². The van der Waals surface area contributed by atoms with Crippen molar-refractivity contribution in [3.63, 3.8) is 0 Å². The second-order valence-electron chi connectivity index (χ2n) is 7.31. The lowest BCUT2D eigenvalue weighted by molar-refractivity contribution is -0.126. The van der Waals surface area contributed by atoms with E-state index >= 15 is 0 Å². The highest BCUT2D eigenvalue weighted by atomic mass is 79.9. The van der Waals surface area contributed by atoms with Crippen molar-refractivity contribution in [3.05, 3.63) is 81.2 Å².